The van der Waals surface area contributed by atoms with Crippen molar-refractivity contribution in [3.05, 3.63) is 164 Å². The third-order valence-electron chi connectivity index (χ3n) is 27.6. The van der Waals surface area contributed by atoms with Crippen LogP contribution in [0.4, 0.5) is 0 Å². The molecule has 0 radical (unpaired) electrons. The molecular weight excluding hydrogens is 1690 g/mol. The van der Waals surface area contributed by atoms with Crippen LogP contribution in [0.25, 0.3) is 0 Å². The highest BCUT2D eigenvalue weighted by Gasteiger charge is 2.38. The summed E-state index contributed by atoms with van der Waals surface area (Å²) in [6.07, 6.45) is 67.0. The topological polar surface area (TPSA) is 181 Å². The van der Waals surface area contributed by atoms with Crippen molar-refractivity contribution in [3.63, 3.8) is 0 Å². The molecule has 7 unspecified atom stereocenters. The van der Waals surface area contributed by atoms with Crippen LogP contribution >= 0.6 is 0 Å². The molecule has 784 valence electrons. The van der Waals surface area contributed by atoms with E-state index < -0.39 is 0 Å². The molecule has 0 spiro atoms. The fourth-order valence-electron chi connectivity index (χ4n) is 19.3. The Morgan fingerprint density at radius 3 is 1.10 bits per heavy atom. The van der Waals surface area contributed by atoms with Gasteiger partial charge in [-0.15, -0.1) is 0 Å². The van der Waals surface area contributed by atoms with Crippen molar-refractivity contribution in [2.75, 3.05) is 19.8 Å². The van der Waals surface area contributed by atoms with Crippen LogP contribution in [0.5, 0.6) is 0 Å². The highest BCUT2D eigenvalue weighted by Crippen LogP contribution is 2.47. The molecule has 0 saturated carbocycles. The molecule has 0 amide bonds. The summed E-state index contributed by atoms with van der Waals surface area (Å²) in [5.41, 5.74) is 19.3. The minimum absolute atomic E-state index is 0.0684. The molecular formula is C125H212O12. The van der Waals surface area contributed by atoms with Gasteiger partial charge in [0.15, 0.2) is 23.1 Å². The van der Waals surface area contributed by atoms with E-state index in [2.05, 4.69) is 263 Å². The molecule has 6 rings (SSSR count). The maximum absolute atomic E-state index is 11.9. The van der Waals surface area contributed by atoms with Crippen LogP contribution in [0.2, 0.25) is 0 Å². The quantitative estimate of drug-likeness (QED) is 0.0249. The summed E-state index contributed by atoms with van der Waals surface area (Å²) in [4.78, 5) is 99.0. The minimum Gasteiger partial charge on any atom is -0.466 e. The van der Waals surface area contributed by atoms with Crippen molar-refractivity contribution >= 4 is 52.6 Å². The molecule has 0 aromatic heterocycles. The molecule has 0 heterocycles. The summed E-state index contributed by atoms with van der Waals surface area (Å²) in [5.74, 6) is 4.75. The van der Waals surface area contributed by atoms with Crippen molar-refractivity contribution in [2.45, 2.75) is 482 Å². The second-order valence-corrected chi connectivity index (χ2v) is 45.9. The van der Waals surface area contributed by atoms with Gasteiger partial charge in [-0.2, -0.15) is 0 Å². The van der Waals surface area contributed by atoms with Crippen molar-refractivity contribution in [3.8, 4) is 0 Å². The molecule has 0 aromatic rings. The molecule has 0 N–H and O–H groups in total. The smallest absolute Gasteiger partial charge is 0.302 e. The predicted octanol–water partition coefficient (Wildman–Crippen LogP) is 36.1. The zero-order chi connectivity index (χ0) is 106. The molecule has 0 fully saturated rings. The second kappa shape index (κ2) is 73.8. The number of hydrogen-bond acceptors (Lipinski definition) is 12. The van der Waals surface area contributed by atoms with Crippen LogP contribution in [-0.2, 0) is 57.4 Å². The lowest BCUT2D eigenvalue weighted by molar-refractivity contribution is -0.142. The van der Waals surface area contributed by atoms with Crippen molar-refractivity contribution in [2.24, 2.45) is 73.9 Å². The van der Waals surface area contributed by atoms with E-state index in [4.69, 9.17) is 14.2 Å². The molecule has 7 atom stereocenters. The van der Waals surface area contributed by atoms with E-state index in [1.54, 1.807) is 57.6 Å². The lowest BCUT2D eigenvalue weighted by atomic mass is 9.67. The molecule has 137 heavy (non-hydrogen) atoms. The Bertz CT molecular complexity index is 3930. The first-order chi connectivity index (χ1) is 63.4. The Morgan fingerprint density at radius 1 is 0.394 bits per heavy atom. The highest BCUT2D eigenvalue weighted by molar-refractivity contribution is 6.05. The van der Waals surface area contributed by atoms with Gasteiger partial charge in [0.1, 0.15) is 11.6 Å². The van der Waals surface area contributed by atoms with Gasteiger partial charge < -0.3 is 23.8 Å². The zero-order valence-corrected chi connectivity index (χ0v) is 96.3. The number of esters is 3. The number of hydrogen-bond donors (Lipinski definition) is 0. The van der Waals surface area contributed by atoms with Gasteiger partial charge in [0.25, 0.3) is 0 Å². The van der Waals surface area contributed by atoms with Crippen LogP contribution in [0, 0.1) is 73.9 Å². The maximum atomic E-state index is 11.9. The molecule has 6 aliphatic rings. The summed E-state index contributed by atoms with van der Waals surface area (Å²) in [7, 11) is 0. The first-order valence-electron chi connectivity index (χ1n) is 53.2. The number of ether oxygens (including phenoxy) is 3. The molecule has 0 saturated heterocycles. The van der Waals surface area contributed by atoms with Crippen LogP contribution in [-0.4, -0.2) is 72.4 Å². The fourth-order valence-corrected chi connectivity index (χ4v) is 19.3. The van der Waals surface area contributed by atoms with Gasteiger partial charge in [-0.1, -0.05) is 259 Å². The lowest BCUT2D eigenvalue weighted by Crippen LogP contribution is -2.33. The average Bonchev–Trinajstić information content (AvgIpc) is 0.783. The molecule has 0 bridgehead atoms. The summed E-state index contributed by atoms with van der Waals surface area (Å²) < 4.78 is 14.7. The van der Waals surface area contributed by atoms with E-state index in [9.17, 15) is 43.2 Å². The Labute approximate surface area is 844 Å². The molecule has 0 aromatic carbocycles. The van der Waals surface area contributed by atoms with E-state index in [0.29, 0.717) is 77.2 Å². The van der Waals surface area contributed by atoms with E-state index in [1.165, 1.54) is 198 Å². The van der Waals surface area contributed by atoms with E-state index in [0.717, 1.165) is 101 Å². The normalized spacial score (nSPS) is 19.3. The number of allylic oxidation sites excluding steroid dienone is 28. The molecule has 12 nitrogen and oxygen atoms in total. The van der Waals surface area contributed by atoms with Gasteiger partial charge in [-0.05, 0) is 410 Å². The number of ketones is 6. The maximum Gasteiger partial charge on any atom is 0.302 e. The van der Waals surface area contributed by atoms with Crippen molar-refractivity contribution < 1.29 is 57.4 Å². The Kier molecular flexibility index (Phi) is 73.3. The highest BCUT2D eigenvalue weighted by atomic mass is 16.5. The molecule has 12 heteroatoms. The molecule has 0 aliphatic heterocycles. The third-order valence-corrected chi connectivity index (χ3v) is 27.6. The number of Topliss-reactive ketones (excluding diaryl/α,β-unsaturated/α-hetero) is 2. The summed E-state index contributed by atoms with van der Waals surface area (Å²) >= 11 is 0. The standard InChI is InChI=1S/2C13H22O.4C13H20O.3C12H22O2.C11H22/c4*1-10-6-5-9-13(3,4)12(10)8-7-11(2)14;2*1-5-7-11(14)12-10(2)8-6-9-13(12,3)4;3*1-10(2)6-5-7-11(3)8-9-14-12(4)13;1-5-7-11(4)9-6-8-10(2)3/h5-9H2,1-4H3;6,12H,5,7-9H2,1-4H3;7-8H,5-6,9H2,1-4H3;6-8,12H,5,9H2,1-4H3;5,7H,6,8-9H2,1-4H3;5,7-8,12H,6,9H2,1-4H3;3*6,11H,5,7-9H2,1-4H3;8,11H,5-7,9H2,1-4H3/b;;2*8-7+;2*7-5+;;;;. The Morgan fingerprint density at radius 2 is 0.759 bits per heavy atom. The monoisotopic (exact) mass is 1910 g/mol. The van der Waals surface area contributed by atoms with E-state index >= 15 is 0 Å². The van der Waals surface area contributed by atoms with Crippen LogP contribution in [0.1, 0.15) is 482 Å². The van der Waals surface area contributed by atoms with Gasteiger partial charge in [0.2, 0.25) is 0 Å². The van der Waals surface area contributed by atoms with E-state index in [1.807, 2.05) is 32.1 Å². The molecule has 6 aliphatic carbocycles. The van der Waals surface area contributed by atoms with Gasteiger partial charge in [0, 0.05) is 51.0 Å². The minimum atomic E-state index is -0.179. The van der Waals surface area contributed by atoms with Crippen molar-refractivity contribution in [1.29, 1.82) is 0 Å². The third kappa shape index (κ3) is 68.5. The van der Waals surface area contributed by atoms with Crippen LogP contribution < -0.4 is 0 Å². The summed E-state index contributed by atoms with van der Waals surface area (Å²) in [6.45, 7) is 84.7. The van der Waals surface area contributed by atoms with E-state index in [-0.39, 0.29) is 63.2 Å². The van der Waals surface area contributed by atoms with Crippen LogP contribution in [0.3, 0.4) is 0 Å². The SMILES string of the molecule is C/C=C/C(=O)C1=C(C)CCCC1(C)C.C/C=C/C(=O)C1C(C)=CCCC1(C)C.CC(=O)/C=C/C1=C(C)CCCC1(C)C.CC(=O)/C=C/C1C(C)=CCCC1(C)C.CC(=O)CCC1=C(C)CCCC1(C)C.CC(=O)CCC1C(C)=CCCC1(C)C.CC(=O)OCCC(C)CCC=C(C)C.CC(=O)OCCC(C)CCC=C(C)C.CC(=O)OCCC(C)CCC=C(C)C.CCCC(C)CCC=C(C)C. The first kappa shape index (κ1) is 136. The summed E-state index contributed by atoms with van der Waals surface area (Å²) in [6, 6.07) is 0. The second-order valence-electron chi connectivity index (χ2n) is 45.9. The fraction of sp³-hybridized carbons (Fsp3) is 0.704. The Balaban J connectivity index is -0.000000718. The first-order valence-corrected chi connectivity index (χ1v) is 53.2. The zero-order valence-electron chi connectivity index (χ0n) is 96.3. The lowest BCUT2D eigenvalue weighted by Gasteiger charge is -2.38. The van der Waals surface area contributed by atoms with Gasteiger partial charge in [-0.25, -0.2) is 0 Å². The average molecular weight is 1910 g/mol. The van der Waals surface area contributed by atoms with Gasteiger partial charge >= 0.3 is 17.9 Å². The van der Waals surface area contributed by atoms with Gasteiger partial charge in [-0.3, -0.25) is 33.6 Å². The predicted molar refractivity (Wildman–Crippen MR) is 591 cm³/mol. The number of carbonyl (C=O) groups excluding carboxylic acids is 9. The largest absolute Gasteiger partial charge is 0.466 e. The van der Waals surface area contributed by atoms with Crippen molar-refractivity contribution in [1.82, 2.24) is 0 Å². The number of carbonyl (C=O) groups is 9. The van der Waals surface area contributed by atoms with Crippen LogP contribution in [0.15, 0.2) is 164 Å². The number of rotatable bonds is 37. The van der Waals surface area contributed by atoms with Gasteiger partial charge in [0.05, 0.1) is 19.8 Å². The summed E-state index contributed by atoms with van der Waals surface area (Å²) in [5, 5.41) is 0. The Hall–Kier alpha value is -7.21.